The van der Waals surface area contributed by atoms with Crippen LogP contribution in [0.4, 0.5) is 0 Å². The number of carbonyl (C=O) groups is 2. The van der Waals surface area contributed by atoms with Crippen molar-refractivity contribution < 1.29 is 127 Å². The fraction of sp³-hybridized carbons (Fsp3) is 0. The molecule has 1 heterocycles. The van der Waals surface area contributed by atoms with E-state index in [1.807, 2.05) is 0 Å². The molecule has 0 saturated carbocycles. The maximum absolute atomic E-state index is 10.0. The molecular weight excluding hydrogens is 230 g/mol. The van der Waals surface area contributed by atoms with Gasteiger partial charge in [0.25, 0.3) is 0 Å². The third-order valence-corrected chi connectivity index (χ3v) is 1.01. The normalized spacial score (nSPS) is 8.00. The number of furan rings is 1. The summed E-state index contributed by atoms with van der Waals surface area (Å²) in [5.74, 6) is -4.16. The van der Waals surface area contributed by atoms with E-state index in [0.29, 0.717) is 0 Å². The van der Waals surface area contributed by atoms with Crippen molar-refractivity contribution in [3.63, 3.8) is 0 Å². The summed E-state index contributed by atoms with van der Waals surface area (Å²) in [6, 6.07) is 1.97. The van der Waals surface area contributed by atoms with Crippen molar-refractivity contribution in [2.24, 2.45) is 0 Å². The minimum absolute atomic E-state index is 0. The summed E-state index contributed by atoms with van der Waals surface area (Å²) in [5, 5.41) is 20.0. The van der Waals surface area contributed by atoms with Gasteiger partial charge in [0.05, 0.1) is 0 Å². The largest absolute Gasteiger partial charge is 1.00 e. The van der Waals surface area contributed by atoms with Gasteiger partial charge in [-0.2, -0.15) is 0 Å². The molecule has 0 aliphatic rings. The van der Waals surface area contributed by atoms with Gasteiger partial charge in [-0.25, -0.2) is 0 Å². The number of rotatable bonds is 2. The Kier molecular flexibility index (Phi) is 10.1. The van der Waals surface area contributed by atoms with Gasteiger partial charge in [-0.1, -0.05) is 0 Å². The molecule has 0 unspecified atom stereocenters. The van der Waals surface area contributed by atoms with E-state index in [2.05, 4.69) is 4.42 Å². The van der Waals surface area contributed by atoms with Crippen LogP contribution in [0.15, 0.2) is 16.5 Å². The molecule has 0 spiro atoms. The molecule has 0 bridgehead atoms. The second-order valence-corrected chi connectivity index (χ2v) is 1.74. The van der Waals surface area contributed by atoms with Crippen LogP contribution >= 0.6 is 0 Å². The molecule has 1 aromatic rings. The standard InChI is InChI=1S/C6H4O5.2K/c7-5(8)3-1-2-4(11-3)6(9)10;;/h1-2H,(H,7,8)(H,9,10);;/q;2*+1/p-2. The summed E-state index contributed by atoms with van der Waals surface area (Å²) in [7, 11) is 0. The number of hydrogen-bond donors (Lipinski definition) is 0. The van der Waals surface area contributed by atoms with Crippen molar-refractivity contribution in [3.05, 3.63) is 23.7 Å². The fourth-order valence-corrected chi connectivity index (χ4v) is 0.557. The SMILES string of the molecule is O=C([O-])c1ccc(C(=O)[O-])o1.[K+].[K+]. The van der Waals surface area contributed by atoms with E-state index < -0.39 is 23.5 Å². The fourth-order valence-electron chi connectivity index (χ4n) is 0.557. The Hall–Kier alpha value is 1.49. The van der Waals surface area contributed by atoms with Gasteiger partial charge in [-0.3, -0.25) is 0 Å². The van der Waals surface area contributed by atoms with Crippen LogP contribution in [0.1, 0.15) is 21.1 Å². The molecule has 0 radical (unpaired) electrons. The van der Waals surface area contributed by atoms with E-state index in [4.69, 9.17) is 0 Å². The molecule has 7 heteroatoms. The maximum Gasteiger partial charge on any atom is 1.00 e. The molecule has 5 nitrogen and oxygen atoms in total. The summed E-state index contributed by atoms with van der Waals surface area (Å²) < 4.78 is 4.28. The molecule has 0 fully saturated rings. The van der Waals surface area contributed by atoms with Crippen LogP contribution in [0, 0.1) is 0 Å². The number of aromatic carboxylic acids is 2. The minimum atomic E-state index is -1.56. The molecule has 58 valence electrons. The first kappa shape index (κ1) is 16.9. The van der Waals surface area contributed by atoms with Crippen molar-refractivity contribution in [3.8, 4) is 0 Å². The summed E-state index contributed by atoms with van der Waals surface area (Å²) in [6.07, 6.45) is 0. The zero-order chi connectivity index (χ0) is 8.43. The third kappa shape index (κ3) is 5.21. The number of hydrogen-bond acceptors (Lipinski definition) is 5. The van der Waals surface area contributed by atoms with E-state index in [-0.39, 0.29) is 103 Å². The zero-order valence-electron chi connectivity index (χ0n) is 7.20. The molecule has 0 saturated heterocycles. The van der Waals surface area contributed by atoms with Gasteiger partial charge in [0.2, 0.25) is 0 Å². The molecule has 1 rings (SSSR count). The molecule has 0 N–H and O–H groups in total. The molecule has 1 aromatic heterocycles. The molecule has 0 aliphatic carbocycles. The Balaban J connectivity index is 0. The Bertz CT molecular complexity index is 277. The van der Waals surface area contributed by atoms with E-state index in [0.717, 1.165) is 12.1 Å². The van der Waals surface area contributed by atoms with Gasteiger partial charge in [0.15, 0.2) is 0 Å². The van der Waals surface area contributed by atoms with Crippen LogP contribution in [-0.4, -0.2) is 11.9 Å². The van der Waals surface area contributed by atoms with Crippen LogP contribution < -0.4 is 113 Å². The second-order valence-electron chi connectivity index (χ2n) is 1.74. The van der Waals surface area contributed by atoms with Crippen LogP contribution in [0.3, 0.4) is 0 Å². The van der Waals surface area contributed by atoms with E-state index >= 15 is 0 Å². The van der Waals surface area contributed by atoms with Gasteiger partial charge < -0.3 is 24.2 Å². The molecule has 0 atom stereocenters. The average Bonchev–Trinajstić information content (AvgIpc) is 2.33. The van der Waals surface area contributed by atoms with Crippen LogP contribution in [0.5, 0.6) is 0 Å². The average molecular weight is 232 g/mol. The maximum atomic E-state index is 10.0. The predicted octanol–water partition coefficient (Wildman–Crippen LogP) is -7.99. The predicted molar refractivity (Wildman–Crippen MR) is 27.4 cm³/mol. The monoisotopic (exact) mass is 232 g/mol. The van der Waals surface area contributed by atoms with Crippen LogP contribution in [0.25, 0.3) is 0 Å². The van der Waals surface area contributed by atoms with Crippen molar-refractivity contribution in [1.29, 1.82) is 0 Å². The first-order chi connectivity index (χ1) is 5.11. The number of carboxylic acids is 2. The minimum Gasteiger partial charge on any atom is -0.542 e. The van der Waals surface area contributed by atoms with Gasteiger partial charge in [0.1, 0.15) is 23.5 Å². The quantitative estimate of drug-likeness (QED) is 0.472. The van der Waals surface area contributed by atoms with Crippen LogP contribution in [-0.2, 0) is 0 Å². The molecule has 0 aliphatic heterocycles. The van der Waals surface area contributed by atoms with E-state index in [1.54, 1.807) is 0 Å². The summed E-state index contributed by atoms with van der Waals surface area (Å²) in [4.78, 5) is 20.0. The van der Waals surface area contributed by atoms with E-state index in [9.17, 15) is 19.8 Å². The van der Waals surface area contributed by atoms with Crippen molar-refractivity contribution in [2.75, 3.05) is 0 Å². The second kappa shape index (κ2) is 7.74. The van der Waals surface area contributed by atoms with Crippen molar-refractivity contribution >= 4 is 11.9 Å². The first-order valence-electron chi connectivity index (χ1n) is 2.64. The smallest absolute Gasteiger partial charge is 0.542 e. The third-order valence-electron chi connectivity index (χ3n) is 1.01. The Morgan fingerprint density at radius 3 is 1.46 bits per heavy atom. The van der Waals surface area contributed by atoms with Crippen molar-refractivity contribution in [1.82, 2.24) is 0 Å². The Labute approximate surface area is 159 Å². The Morgan fingerprint density at radius 1 is 1.00 bits per heavy atom. The van der Waals surface area contributed by atoms with E-state index in [1.165, 1.54) is 0 Å². The van der Waals surface area contributed by atoms with Gasteiger partial charge >= 0.3 is 103 Å². The van der Waals surface area contributed by atoms with Gasteiger partial charge in [-0.05, 0) is 12.1 Å². The first-order valence-corrected chi connectivity index (χ1v) is 2.64. The number of carboxylic acid groups (broad SMARTS) is 2. The van der Waals surface area contributed by atoms with Crippen LogP contribution in [0.2, 0.25) is 0 Å². The Morgan fingerprint density at radius 2 is 1.31 bits per heavy atom. The number of carbonyl (C=O) groups excluding carboxylic acids is 2. The molecule has 0 aromatic carbocycles. The van der Waals surface area contributed by atoms with Gasteiger partial charge in [0, 0.05) is 0 Å². The van der Waals surface area contributed by atoms with Crippen molar-refractivity contribution in [2.45, 2.75) is 0 Å². The summed E-state index contributed by atoms with van der Waals surface area (Å²) in [6.45, 7) is 0. The topological polar surface area (TPSA) is 93.4 Å². The van der Waals surface area contributed by atoms with Gasteiger partial charge in [-0.15, -0.1) is 0 Å². The molecule has 0 amide bonds. The molecule has 13 heavy (non-hydrogen) atoms. The summed E-state index contributed by atoms with van der Waals surface area (Å²) in [5.41, 5.74) is 0. The zero-order valence-corrected chi connectivity index (χ0v) is 13.4. The summed E-state index contributed by atoms with van der Waals surface area (Å²) >= 11 is 0. The molecular formula is C6H2K2O5.